The van der Waals surface area contributed by atoms with Crippen molar-refractivity contribution in [2.24, 2.45) is 0 Å². The van der Waals surface area contributed by atoms with E-state index in [1.807, 2.05) is 0 Å². The van der Waals surface area contributed by atoms with E-state index < -0.39 is 18.2 Å². The molecule has 2 atom stereocenters. The zero-order valence-electron chi connectivity index (χ0n) is 14.6. The van der Waals surface area contributed by atoms with Gasteiger partial charge in [-0.25, -0.2) is 0 Å². The van der Waals surface area contributed by atoms with Gasteiger partial charge in [0.25, 0.3) is 0 Å². The number of hydrogen-bond donors (Lipinski definition) is 2. The zero-order valence-corrected chi connectivity index (χ0v) is 14.6. The number of esters is 1. The normalized spacial score (nSPS) is 13.3. The number of carbonyl (C=O) groups excluding carboxylic acids is 1. The number of carbonyl (C=O) groups is 1. The molecule has 134 valence electrons. The second kappa shape index (κ2) is 15.8. The third kappa shape index (κ3) is 15.6. The van der Waals surface area contributed by atoms with E-state index in [0.29, 0.717) is 12.8 Å². The molecule has 0 spiro atoms. The lowest BCUT2D eigenvalue weighted by atomic mass is 10.0. The Kier molecular flexibility index (Phi) is 15.1. The Bertz CT molecular complexity index is 322. The Morgan fingerprint density at radius 1 is 1.04 bits per heavy atom. The Morgan fingerprint density at radius 2 is 1.57 bits per heavy atom. The maximum atomic E-state index is 10.8. The van der Waals surface area contributed by atoms with E-state index in [2.05, 4.69) is 5.92 Å². The number of ether oxygens (including phenoxy) is 1. The number of hydrogen-bond acceptors (Lipinski definition) is 4. The molecule has 0 fully saturated rings. The lowest BCUT2D eigenvalue weighted by molar-refractivity contribution is -0.149. The van der Waals surface area contributed by atoms with Crippen molar-refractivity contribution >= 4 is 5.97 Å². The van der Waals surface area contributed by atoms with Gasteiger partial charge in [0.05, 0.1) is 12.7 Å². The molecular weight excluding hydrogens is 292 g/mol. The van der Waals surface area contributed by atoms with Crippen molar-refractivity contribution in [3.8, 4) is 12.3 Å². The zero-order chi connectivity index (χ0) is 17.3. The van der Waals surface area contributed by atoms with Crippen molar-refractivity contribution in [2.45, 2.75) is 96.2 Å². The molecule has 0 rings (SSSR count). The number of aliphatic hydroxyl groups is 2. The molecule has 0 aromatic rings. The van der Waals surface area contributed by atoms with E-state index >= 15 is 0 Å². The van der Waals surface area contributed by atoms with Crippen molar-refractivity contribution in [2.75, 3.05) is 6.61 Å². The van der Waals surface area contributed by atoms with Crippen LogP contribution in [0.4, 0.5) is 0 Å². The third-order valence-electron chi connectivity index (χ3n) is 3.93. The highest BCUT2D eigenvalue weighted by atomic mass is 16.5. The van der Waals surface area contributed by atoms with Crippen molar-refractivity contribution in [1.82, 2.24) is 0 Å². The second-order valence-corrected chi connectivity index (χ2v) is 6.23. The first kappa shape index (κ1) is 21.9. The fourth-order valence-corrected chi connectivity index (χ4v) is 2.66. The van der Waals surface area contributed by atoms with E-state index in [1.54, 1.807) is 0 Å². The highest BCUT2D eigenvalue weighted by Gasteiger charge is 2.16. The summed E-state index contributed by atoms with van der Waals surface area (Å²) in [6.07, 6.45) is 16.8. The summed E-state index contributed by atoms with van der Waals surface area (Å²) in [5, 5.41) is 19.0. The summed E-state index contributed by atoms with van der Waals surface area (Å²) in [7, 11) is 0. The summed E-state index contributed by atoms with van der Waals surface area (Å²) in [6.45, 7) is 1.07. The van der Waals surface area contributed by atoms with Crippen molar-refractivity contribution in [3.05, 3.63) is 0 Å². The van der Waals surface area contributed by atoms with Crippen LogP contribution in [0.5, 0.6) is 0 Å². The largest absolute Gasteiger partial charge is 0.460 e. The van der Waals surface area contributed by atoms with Gasteiger partial charge in [-0.1, -0.05) is 51.4 Å². The fourth-order valence-electron chi connectivity index (χ4n) is 2.66. The summed E-state index contributed by atoms with van der Waals surface area (Å²) in [4.78, 5) is 10.8. The lowest BCUT2D eigenvalue weighted by Crippen LogP contribution is -2.26. The molecule has 0 aliphatic carbocycles. The standard InChI is InChI=1S/C19H34O4/c1-3-4-5-6-7-8-9-10-11-12-13-14-18(22)15-19(16-20)23-17(2)21/h1,18-20,22H,4-16H2,2H3/t18-,19+/m0/s1. The first-order valence-corrected chi connectivity index (χ1v) is 8.99. The minimum Gasteiger partial charge on any atom is -0.460 e. The molecule has 0 amide bonds. The van der Waals surface area contributed by atoms with E-state index in [0.717, 1.165) is 25.7 Å². The fraction of sp³-hybridized carbons (Fsp3) is 0.842. The van der Waals surface area contributed by atoms with Gasteiger partial charge >= 0.3 is 5.97 Å². The monoisotopic (exact) mass is 326 g/mol. The minimum absolute atomic E-state index is 0.238. The Morgan fingerprint density at radius 3 is 2.04 bits per heavy atom. The predicted octanol–water partition coefficient (Wildman–Crippen LogP) is 3.59. The molecule has 23 heavy (non-hydrogen) atoms. The van der Waals surface area contributed by atoms with E-state index in [9.17, 15) is 9.90 Å². The number of rotatable bonds is 15. The molecule has 0 bridgehead atoms. The quantitative estimate of drug-likeness (QED) is 0.274. The summed E-state index contributed by atoms with van der Waals surface area (Å²) in [5.41, 5.74) is 0. The van der Waals surface area contributed by atoms with Crippen LogP contribution in [-0.2, 0) is 9.53 Å². The Labute approximate surface area is 141 Å². The van der Waals surface area contributed by atoms with Gasteiger partial charge in [-0.15, -0.1) is 12.3 Å². The van der Waals surface area contributed by atoms with Crippen LogP contribution in [0.3, 0.4) is 0 Å². The van der Waals surface area contributed by atoms with E-state index in [4.69, 9.17) is 16.3 Å². The smallest absolute Gasteiger partial charge is 0.302 e. The van der Waals surface area contributed by atoms with Gasteiger partial charge in [0.1, 0.15) is 6.10 Å². The molecule has 4 heteroatoms. The van der Waals surface area contributed by atoms with Crippen molar-refractivity contribution < 1.29 is 19.7 Å². The van der Waals surface area contributed by atoms with Gasteiger partial charge in [0.2, 0.25) is 0 Å². The van der Waals surface area contributed by atoms with Gasteiger partial charge in [-0.2, -0.15) is 0 Å². The van der Waals surface area contributed by atoms with Gasteiger partial charge in [-0.05, 0) is 12.8 Å². The van der Waals surface area contributed by atoms with Crippen LogP contribution in [0.1, 0.15) is 84.0 Å². The molecule has 4 nitrogen and oxygen atoms in total. The van der Waals surface area contributed by atoms with Crippen LogP contribution in [0, 0.1) is 12.3 Å². The molecule has 0 unspecified atom stereocenters. The molecule has 0 aromatic carbocycles. The molecular formula is C19H34O4. The Balaban J connectivity index is 3.40. The first-order valence-electron chi connectivity index (χ1n) is 8.99. The highest BCUT2D eigenvalue weighted by Crippen LogP contribution is 2.14. The molecule has 0 aliphatic rings. The first-order chi connectivity index (χ1) is 11.1. The summed E-state index contributed by atoms with van der Waals surface area (Å²) < 4.78 is 4.92. The maximum absolute atomic E-state index is 10.8. The molecule has 0 radical (unpaired) electrons. The van der Waals surface area contributed by atoms with Gasteiger partial charge in [-0.3, -0.25) is 4.79 Å². The van der Waals surface area contributed by atoms with Gasteiger partial charge < -0.3 is 14.9 Å². The predicted molar refractivity (Wildman–Crippen MR) is 92.9 cm³/mol. The summed E-state index contributed by atoms with van der Waals surface area (Å²) in [6, 6.07) is 0. The van der Waals surface area contributed by atoms with Crippen LogP contribution < -0.4 is 0 Å². The van der Waals surface area contributed by atoms with Crippen molar-refractivity contribution in [1.29, 1.82) is 0 Å². The molecule has 0 saturated carbocycles. The van der Waals surface area contributed by atoms with Gasteiger partial charge in [0, 0.05) is 19.8 Å². The van der Waals surface area contributed by atoms with Crippen LogP contribution in [-0.4, -0.2) is 35.0 Å². The molecule has 0 aromatic heterocycles. The van der Waals surface area contributed by atoms with Crippen LogP contribution in [0.15, 0.2) is 0 Å². The van der Waals surface area contributed by atoms with Crippen LogP contribution in [0.2, 0.25) is 0 Å². The number of terminal acetylenes is 1. The topological polar surface area (TPSA) is 66.8 Å². The third-order valence-corrected chi connectivity index (χ3v) is 3.93. The summed E-state index contributed by atoms with van der Waals surface area (Å²) >= 11 is 0. The number of unbranched alkanes of at least 4 members (excludes halogenated alkanes) is 9. The van der Waals surface area contributed by atoms with Crippen LogP contribution >= 0.6 is 0 Å². The highest BCUT2D eigenvalue weighted by molar-refractivity contribution is 5.66. The maximum Gasteiger partial charge on any atom is 0.302 e. The van der Waals surface area contributed by atoms with Crippen LogP contribution in [0.25, 0.3) is 0 Å². The Hall–Kier alpha value is -1.05. The molecule has 0 heterocycles. The molecule has 0 saturated heterocycles. The van der Waals surface area contributed by atoms with E-state index in [1.165, 1.54) is 45.4 Å². The average Bonchev–Trinajstić information content (AvgIpc) is 2.51. The molecule has 0 aliphatic heterocycles. The lowest BCUT2D eigenvalue weighted by Gasteiger charge is -2.18. The summed E-state index contributed by atoms with van der Waals surface area (Å²) in [5.74, 6) is 2.25. The van der Waals surface area contributed by atoms with E-state index in [-0.39, 0.29) is 6.61 Å². The molecule has 2 N–H and O–H groups in total. The minimum atomic E-state index is -0.586. The SMILES string of the molecule is C#CCCCCCCCCCCC[C@H](O)C[C@H](CO)OC(C)=O. The number of aliphatic hydroxyl groups excluding tert-OH is 2. The van der Waals surface area contributed by atoms with Gasteiger partial charge in [0.15, 0.2) is 0 Å². The second-order valence-electron chi connectivity index (χ2n) is 6.23. The average molecular weight is 326 g/mol. The van der Waals surface area contributed by atoms with Crippen molar-refractivity contribution in [3.63, 3.8) is 0 Å².